The number of thiophene rings is 1. The van der Waals surface area contributed by atoms with Crippen LogP contribution in [-0.4, -0.2) is 59.0 Å². The first kappa shape index (κ1) is 14.0. The van der Waals surface area contributed by atoms with Gasteiger partial charge in [0, 0.05) is 25.2 Å². The maximum atomic E-state index is 12.4. The average Bonchev–Trinajstić information content (AvgIpc) is 2.84. The molecule has 0 bridgehead atoms. The van der Waals surface area contributed by atoms with E-state index in [2.05, 4.69) is 25.8 Å². The smallest absolute Gasteiger partial charge is 0.345 e. The molecule has 0 aliphatic carbocycles. The van der Waals surface area contributed by atoms with Gasteiger partial charge in [0.15, 0.2) is 0 Å². The lowest BCUT2D eigenvalue weighted by Crippen LogP contribution is -2.56. The zero-order valence-corrected chi connectivity index (χ0v) is 12.1. The topological polar surface area (TPSA) is 60.9 Å². The van der Waals surface area contributed by atoms with E-state index in [0.717, 1.165) is 11.3 Å². The Balaban J connectivity index is 2.13. The van der Waals surface area contributed by atoms with E-state index in [0.29, 0.717) is 30.1 Å². The Kier molecular flexibility index (Phi) is 3.91. The fourth-order valence-electron chi connectivity index (χ4n) is 2.29. The molecular weight excluding hydrogens is 264 g/mol. The molecule has 19 heavy (non-hydrogen) atoms. The Morgan fingerprint density at radius 2 is 1.74 bits per heavy atom. The van der Waals surface area contributed by atoms with Gasteiger partial charge in [-0.25, -0.2) is 4.79 Å². The summed E-state index contributed by atoms with van der Waals surface area (Å²) >= 11 is 1.04. The van der Waals surface area contributed by atoms with Gasteiger partial charge < -0.3 is 10.0 Å². The predicted octanol–water partition coefficient (Wildman–Crippen LogP) is 1.61. The number of carboxylic acid groups (broad SMARTS) is 1. The standard InChI is InChI=1S/C13H18N2O3S/c1-8-6-15(7-9(2)14(8)3)12(16)10-4-5-11(19-10)13(17)18/h4-5,8-9H,6-7H2,1-3H3,(H,17,18). The first-order chi connectivity index (χ1) is 8.90. The molecule has 1 aromatic rings. The van der Waals surface area contributed by atoms with Crippen LogP contribution in [0.25, 0.3) is 0 Å². The van der Waals surface area contributed by atoms with Crippen molar-refractivity contribution >= 4 is 23.2 Å². The van der Waals surface area contributed by atoms with E-state index in [9.17, 15) is 9.59 Å². The highest BCUT2D eigenvalue weighted by Gasteiger charge is 2.30. The Bertz CT molecular complexity index is 488. The molecule has 5 nitrogen and oxygen atoms in total. The lowest BCUT2D eigenvalue weighted by Gasteiger charge is -2.42. The SMILES string of the molecule is CC1CN(C(=O)c2ccc(C(=O)O)s2)CC(C)N1C. The molecule has 0 spiro atoms. The molecule has 6 heteroatoms. The number of likely N-dealkylation sites (N-methyl/N-ethyl adjacent to an activating group) is 1. The minimum atomic E-state index is -0.982. The van der Waals surface area contributed by atoms with Gasteiger partial charge in [-0.15, -0.1) is 11.3 Å². The maximum Gasteiger partial charge on any atom is 0.345 e. The normalized spacial score (nSPS) is 24.5. The van der Waals surface area contributed by atoms with Gasteiger partial charge in [-0.05, 0) is 33.0 Å². The quantitative estimate of drug-likeness (QED) is 0.895. The van der Waals surface area contributed by atoms with Gasteiger partial charge in [-0.2, -0.15) is 0 Å². The van der Waals surface area contributed by atoms with E-state index in [1.165, 1.54) is 6.07 Å². The molecule has 0 radical (unpaired) electrons. The molecule has 1 aliphatic rings. The Hall–Kier alpha value is -1.40. The molecule has 2 rings (SSSR count). The molecule has 0 aromatic carbocycles. The third-order valence-electron chi connectivity index (χ3n) is 3.67. The number of rotatable bonds is 2. The minimum Gasteiger partial charge on any atom is -0.477 e. The van der Waals surface area contributed by atoms with Crippen LogP contribution in [-0.2, 0) is 0 Å². The molecule has 2 unspecified atom stereocenters. The molecule has 1 aromatic heterocycles. The highest BCUT2D eigenvalue weighted by Crippen LogP contribution is 2.21. The van der Waals surface area contributed by atoms with Crippen LogP contribution in [0.1, 0.15) is 33.2 Å². The summed E-state index contributed by atoms with van der Waals surface area (Å²) in [6, 6.07) is 3.71. The molecule has 2 atom stereocenters. The van der Waals surface area contributed by atoms with Crippen LogP contribution >= 0.6 is 11.3 Å². The van der Waals surface area contributed by atoms with E-state index in [-0.39, 0.29) is 10.8 Å². The molecule has 0 saturated carbocycles. The molecule has 1 saturated heterocycles. The number of hydrogen-bond donors (Lipinski definition) is 1. The number of carbonyl (C=O) groups excluding carboxylic acids is 1. The molecule has 1 fully saturated rings. The largest absolute Gasteiger partial charge is 0.477 e. The Morgan fingerprint density at radius 3 is 2.21 bits per heavy atom. The molecule has 104 valence electrons. The lowest BCUT2D eigenvalue weighted by molar-refractivity contribution is 0.0418. The van der Waals surface area contributed by atoms with Crippen LogP contribution in [0.2, 0.25) is 0 Å². The predicted molar refractivity (Wildman–Crippen MR) is 73.9 cm³/mol. The van der Waals surface area contributed by atoms with Crippen molar-refractivity contribution in [1.82, 2.24) is 9.80 Å². The van der Waals surface area contributed by atoms with Crippen molar-refractivity contribution in [2.45, 2.75) is 25.9 Å². The average molecular weight is 282 g/mol. The van der Waals surface area contributed by atoms with Gasteiger partial charge in [-0.3, -0.25) is 9.69 Å². The van der Waals surface area contributed by atoms with Crippen LogP contribution in [0, 0.1) is 0 Å². The van der Waals surface area contributed by atoms with E-state index < -0.39 is 5.97 Å². The number of nitrogens with zero attached hydrogens (tertiary/aromatic N) is 2. The minimum absolute atomic E-state index is 0.0655. The van der Waals surface area contributed by atoms with Gasteiger partial charge >= 0.3 is 5.97 Å². The van der Waals surface area contributed by atoms with E-state index in [4.69, 9.17) is 5.11 Å². The van der Waals surface area contributed by atoms with E-state index >= 15 is 0 Å². The molecule has 1 aliphatic heterocycles. The third kappa shape index (κ3) is 2.79. The number of carboxylic acids is 1. The first-order valence-corrected chi connectivity index (χ1v) is 7.06. The lowest BCUT2D eigenvalue weighted by atomic mass is 10.1. The van der Waals surface area contributed by atoms with Crippen molar-refractivity contribution in [2.24, 2.45) is 0 Å². The number of aromatic carboxylic acids is 1. The zero-order valence-electron chi connectivity index (χ0n) is 11.3. The van der Waals surface area contributed by atoms with Gasteiger partial charge in [0.1, 0.15) is 4.88 Å². The van der Waals surface area contributed by atoms with Crippen LogP contribution in [0.5, 0.6) is 0 Å². The van der Waals surface area contributed by atoms with Crippen LogP contribution in [0.15, 0.2) is 12.1 Å². The molecule has 1 amide bonds. The van der Waals surface area contributed by atoms with E-state index in [1.807, 2.05) is 4.90 Å². The van der Waals surface area contributed by atoms with Crippen LogP contribution < -0.4 is 0 Å². The highest BCUT2D eigenvalue weighted by atomic mass is 32.1. The number of carbonyl (C=O) groups is 2. The van der Waals surface area contributed by atoms with E-state index in [1.54, 1.807) is 6.07 Å². The fourth-order valence-corrected chi connectivity index (χ4v) is 3.11. The van der Waals surface area contributed by atoms with Crippen molar-refractivity contribution in [3.05, 3.63) is 21.9 Å². The summed E-state index contributed by atoms with van der Waals surface area (Å²) in [5.74, 6) is -1.05. The number of hydrogen-bond acceptors (Lipinski definition) is 4. The molecular formula is C13H18N2O3S. The summed E-state index contributed by atoms with van der Waals surface area (Å²) < 4.78 is 0. The summed E-state index contributed by atoms with van der Waals surface area (Å²) in [6.07, 6.45) is 0. The summed E-state index contributed by atoms with van der Waals surface area (Å²) in [7, 11) is 2.06. The van der Waals surface area contributed by atoms with Crippen molar-refractivity contribution in [1.29, 1.82) is 0 Å². The van der Waals surface area contributed by atoms with Crippen LogP contribution in [0.4, 0.5) is 0 Å². The summed E-state index contributed by atoms with van der Waals surface area (Å²) in [6.45, 7) is 5.54. The van der Waals surface area contributed by atoms with Crippen molar-refractivity contribution in [3.63, 3.8) is 0 Å². The fraction of sp³-hybridized carbons (Fsp3) is 0.538. The van der Waals surface area contributed by atoms with Crippen molar-refractivity contribution < 1.29 is 14.7 Å². The summed E-state index contributed by atoms with van der Waals surface area (Å²) in [5, 5.41) is 8.89. The third-order valence-corrected chi connectivity index (χ3v) is 4.74. The van der Waals surface area contributed by atoms with Gasteiger partial charge in [0.2, 0.25) is 0 Å². The van der Waals surface area contributed by atoms with Gasteiger partial charge in [0.25, 0.3) is 5.91 Å². The monoisotopic (exact) mass is 282 g/mol. The Morgan fingerprint density at radius 1 is 1.21 bits per heavy atom. The van der Waals surface area contributed by atoms with Gasteiger partial charge in [0.05, 0.1) is 4.88 Å². The zero-order chi connectivity index (χ0) is 14.2. The van der Waals surface area contributed by atoms with Crippen molar-refractivity contribution in [2.75, 3.05) is 20.1 Å². The van der Waals surface area contributed by atoms with Crippen molar-refractivity contribution in [3.8, 4) is 0 Å². The second-order valence-corrected chi connectivity index (χ2v) is 6.13. The van der Waals surface area contributed by atoms with Gasteiger partial charge in [-0.1, -0.05) is 0 Å². The summed E-state index contributed by atoms with van der Waals surface area (Å²) in [4.78, 5) is 28.0. The first-order valence-electron chi connectivity index (χ1n) is 6.24. The second kappa shape index (κ2) is 5.30. The maximum absolute atomic E-state index is 12.4. The highest BCUT2D eigenvalue weighted by molar-refractivity contribution is 7.15. The number of piperazine rings is 1. The Labute approximate surface area is 116 Å². The second-order valence-electron chi connectivity index (χ2n) is 5.04. The summed E-state index contributed by atoms with van der Waals surface area (Å²) in [5.41, 5.74) is 0. The molecule has 2 heterocycles. The molecule has 1 N–H and O–H groups in total. The van der Waals surface area contributed by atoms with Crippen LogP contribution in [0.3, 0.4) is 0 Å². The number of amides is 1.